The first-order chi connectivity index (χ1) is 16.4. The number of nitrogens with one attached hydrogen (secondary N) is 4. The smallest absolute Gasteiger partial charge is 0.365 e. The SMILES string of the molecule is Cc1ccc(CNc2nc(Nc3cccc4c3CC(=O)N4)ncc2C(F)(F)F)c(NS(C)(=O)=O)c1. The molecule has 0 bridgehead atoms. The number of anilines is 5. The predicted molar refractivity (Wildman–Crippen MR) is 126 cm³/mol. The van der Waals surface area contributed by atoms with Crippen LogP contribution in [0.25, 0.3) is 0 Å². The molecule has 13 heteroatoms. The monoisotopic (exact) mass is 506 g/mol. The number of rotatable bonds is 7. The van der Waals surface area contributed by atoms with Crippen molar-refractivity contribution < 1.29 is 26.4 Å². The average Bonchev–Trinajstić information content (AvgIpc) is 3.12. The summed E-state index contributed by atoms with van der Waals surface area (Å²) in [6, 6.07) is 9.98. The van der Waals surface area contributed by atoms with Gasteiger partial charge < -0.3 is 16.0 Å². The molecular weight excluding hydrogens is 485 g/mol. The Morgan fingerprint density at radius 2 is 1.91 bits per heavy atom. The molecule has 0 saturated carbocycles. The maximum absolute atomic E-state index is 13.6. The molecule has 9 nitrogen and oxygen atoms in total. The minimum atomic E-state index is -4.73. The van der Waals surface area contributed by atoms with Crippen molar-refractivity contribution in [3.8, 4) is 0 Å². The van der Waals surface area contributed by atoms with Gasteiger partial charge in [-0.3, -0.25) is 9.52 Å². The Morgan fingerprint density at radius 1 is 1.14 bits per heavy atom. The third-order valence-electron chi connectivity index (χ3n) is 5.14. The highest BCUT2D eigenvalue weighted by molar-refractivity contribution is 7.92. The van der Waals surface area contributed by atoms with Crippen LogP contribution >= 0.6 is 0 Å². The first-order valence-electron chi connectivity index (χ1n) is 10.3. The van der Waals surface area contributed by atoms with Gasteiger partial charge in [-0.05, 0) is 36.2 Å². The van der Waals surface area contributed by atoms with Gasteiger partial charge in [0.05, 0.1) is 18.4 Å². The molecule has 0 saturated heterocycles. The van der Waals surface area contributed by atoms with E-state index in [2.05, 4.69) is 30.6 Å². The maximum Gasteiger partial charge on any atom is 0.421 e. The van der Waals surface area contributed by atoms with Crippen LogP contribution in [0.1, 0.15) is 22.3 Å². The topological polar surface area (TPSA) is 125 Å². The van der Waals surface area contributed by atoms with E-state index >= 15 is 0 Å². The Morgan fingerprint density at radius 3 is 2.63 bits per heavy atom. The minimum absolute atomic E-state index is 0.105. The van der Waals surface area contributed by atoms with E-state index in [1.807, 2.05) is 0 Å². The molecule has 1 aromatic heterocycles. The Hall–Kier alpha value is -3.87. The quantitative estimate of drug-likeness (QED) is 0.381. The van der Waals surface area contributed by atoms with Gasteiger partial charge in [-0.25, -0.2) is 13.4 Å². The highest BCUT2D eigenvalue weighted by atomic mass is 32.2. The van der Waals surface area contributed by atoms with Gasteiger partial charge in [0.2, 0.25) is 21.9 Å². The van der Waals surface area contributed by atoms with Crippen molar-refractivity contribution in [2.75, 3.05) is 26.9 Å². The number of aromatic nitrogens is 2. The Balaban J connectivity index is 1.64. The van der Waals surface area contributed by atoms with Crippen LogP contribution in [0.5, 0.6) is 0 Å². The van der Waals surface area contributed by atoms with Crippen LogP contribution in [0.15, 0.2) is 42.6 Å². The number of sulfonamides is 1. The number of nitrogens with zero attached hydrogens (tertiary/aromatic N) is 2. The summed E-state index contributed by atoms with van der Waals surface area (Å²) in [4.78, 5) is 19.5. The van der Waals surface area contributed by atoms with Crippen molar-refractivity contribution in [2.45, 2.75) is 26.1 Å². The molecule has 2 heterocycles. The number of hydrogen-bond donors (Lipinski definition) is 4. The molecule has 1 aliphatic heterocycles. The molecule has 1 aliphatic rings. The van der Waals surface area contributed by atoms with Crippen molar-refractivity contribution in [1.29, 1.82) is 0 Å². The fraction of sp³-hybridized carbons (Fsp3) is 0.227. The second-order valence-corrected chi connectivity index (χ2v) is 9.77. The standard InChI is InChI=1S/C22H21F3N6O3S/c1-12-6-7-13(18(8-12)31-35(2,33)34)10-26-20-15(22(23,24)25)11-27-21(30-20)29-17-5-3-4-16-14(17)9-19(32)28-16/h3-8,11,31H,9-10H2,1-2H3,(H,28,32)(H2,26,27,29,30). The molecule has 184 valence electrons. The van der Waals surface area contributed by atoms with Gasteiger partial charge in [-0.1, -0.05) is 18.2 Å². The Kier molecular flexibility index (Phi) is 6.28. The van der Waals surface area contributed by atoms with Crippen molar-refractivity contribution in [3.63, 3.8) is 0 Å². The number of amides is 1. The van der Waals surface area contributed by atoms with E-state index in [0.717, 1.165) is 11.8 Å². The summed E-state index contributed by atoms with van der Waals surface area (Å²) in [5, 5.41) is 8.23. The highest BCUT2D eigenvalue weighted by Gasteiger charge is 2.35. The number of alkyl halides is 3. The summed E-state index contributed by atoms with van der Waals surface area (Å²) >= 11 is 0. The van der Waals surface area contributed by atoms with E-state index in [0.29, 0.717) is 28.7 Å². The fourth-order valence-electron chi connectivity index (χ4n) is 3.59. The lowest BCUT2D eigenvalue weighted by Crippen LogP contribution is -2.16. The van der Waals surface area contributed by atoms with Crippen molar-refractivity contribution in [1.82, 2.24) is 9.97 Å². The van der Waals surface area contributed by atoms with Gasteiger partial charge in [0, 0.05) is 29.7 Å². The van der Waals surface area contributed by atoms with Gasteiger partial charge in [0.1, 0.15) is 11.4 Å². The summed E-state index contributed by atoms with van der Waals surface area (Å²) in [5.41, 5.74) is 2.12. The van der Waals surface area contributed by atoms with E-state index < -0.39 is 27.6 Å². The van der Waals surface area contributed by atoms with Gasteiger partial charge in [-0.2, -0.15) is 18.2 Å². The van der Waals surface area contributed by atoms with E-state index in [-0.39, 0.29) is 30.5 Å². The molecule has 0 spiro atoms. The van der Waals surface area contributed by atoms with Crippen LogP contribution in [0, 0.1) is 6.92 Å². The molecule has 0 radical (unpaired) electrons. The number of carbonyl (C=O) groups excluding carboxylic acids is 1. The van der Waals surface area contributed by atoms with E-state index in [1.54, 1.807) is 43.3 Å². The molecule has 0 atom stereocenters. The van der Waals surface area contributed by atoms with E-state index in [1.165, 1.54) is 0 Å². The first kappa shape index (κ1) is 24.3. The largest absolute Gasteiger partial charge is 0.421 e. The average molecular weight is 507 g/mol. The number of benzene rings is 2. The second-order valence-electron chi connectivity index (χ2n) is 8.02. The number of hydrogen-bond acceptors (Lipinski definition) is 7. The molecule has 35 heavy (non-hydrogen) atoms. The van der Waals surface area contributed by atoms with Gasteiger partial charge >= 0.3 is 6.18 Å². The first-order valence-corrected chi connectivity index (χ1v) is 12.2. The Bertz CT molecular complexity index is 1410. The van der Waals surface area contributed by atoms with Crippen LogP contribution in [0.3, 0.4) is 0 Å². The lowest BCUT2D eigenvalue weighted by molar-refractivity contribution is -0.137. The minimum Gasteiger partial charge on any atom is -0.365 e. The number of halogens is 3. The summed E-state index contributed by atoms with van der Waals surface area (Å²) in [6.45, 7) is 1.62. The van der Waals surface area contributed by atoms with Crippen LogP contribution in [0.4, 0.5) is 42.0 Å². The summed E-state index contributed by atoms with van der Waals surface area (Å²) in [5.74, 6) is -0.782. The zero-order chi connectivity index (χ0) is 25.4. The van der Waals surface area contributed by atoms with Crippen LogP contribution in [-0.2, 0) is 34.0 Å². The lowest BCUT2D eigenvalue weighted by Gasteiger charge is -2.17. The predicted octanol–water partition coefficient (Wildman–Crippen LogP) is 4.03. The zero-order valence-corrected chi connectivity index (χ0v) is 19.4. The van der Waals surface area contributed by atoms with Crippen molar-refractivity contribution in [2.24, 2.45) is 0 Å². The zero-order valence-electron chi connectivity index (χ0n) is 18.6. The fourth-order valence-corrected chi connectivity index (χ4v) is 4.18. The lowest BCUT2D eigenvalue weighted by atomic mass is 10.1. The van der Waals surface area contributed by atoms with E-state index in [9.17, 15) is 26.4 Å². The molecule has 4 N–H and O–H groups in total. The van der Waals surface area contributed by atoms with Crippen molar-refractivity contribution >= 4 is 44.8 Å². The van der Waals surface area contributed by atoms with Crippen molar-refractivity contribution in [3.05, 3.63) is 64.8 Å². The molecule has 3 aromatic rings. The third-order valence-corrected chi connectivity index (χ3v) is 5.73. The summed E-state index contributed by atoms with van der Waals surface area (Å²) < 4.78 is 66.7. The molecular formula is C22H21F3N6O3S. The molecule has 1 amide bonds. The van der Waals surface area contributed by atoms with E-state index in [4.69, 9.17) is 0 Å². The maximum atomic E-state index is 13.6. The van der Waals surface area contributed by atoms with Crippen LogP contribution in [0.2, 0.25) is 0 Å². The van der Waals surface area contributed by atoms with Crippen LogP contribution < -0.4 is 20.7 Å². The van der Waals surface area contributed by atoms with Gasteiger partial charge in [0.15, 0.2) is 0 Å². The molecule has 4 rings (SSSR count). The number of carbonyl (C=O) groups is 1. The molecule has 0 unspecified atom stereocenters. The molecule has 0 aliphatic carbocycles. The Labute approximate surface area is 199 Å². The summed E-state index contributed by atoms with van der Waals surface area (Å²) in [7, 11) is -3.60. The van der Waals surface area contributed by atoms with Gasteiger partial charge in [0.25, 0.3) is 0 Å². The number of aryl methyl sites for hydroxylation is 1. The molecule has 0 fully saturated rings. The summed E-state index contributed by atoms with van der Waals surface area (Å²) in [6.07, 6.45) is -2.96. The normalized spacial score (nSPS) is 13.2. The third kappa shape index (κ3) is 5.80. The van der Waals surface area contributed by atoms with Gasteiger partial charge in [-0.15, -0.1) is 0 Å². The molecule has 2 aromatic carbocycles. The van der Waals surface area contributed by atoms with Crippen LogP contribution in [-0.4, -0.2) is 30.5 Å². The number of fused-ring (bicyclic) bond motifs is 1. The highest BCUT2D eigenvalue weighted by Crippen LogP contribution is 2.36. The second kappa shape index (κ2) is 9.06.